The number of nitrogens with one attached hydrogen (secondary N) is 1. The number of hydrogen-bond donors (Lipinski definition) is 2. The van der Waals surface area contributed by atoms with Crippen LogP contribution in [0.3, 0.4) is 0 Å². The third kappa shape index (κ3) is 3.29. The van der Waals surface area contributed by atoms with Gasteiger partial charge in [0.15, 0.2) is 5.75 Å². The Balaban J connectivity index is 2.35. The molecule has 0 saturated heterocycles. The second-order valence-corrected chi connectivity index (χ2v) is 4.61. The van der Waals surface area contributed by atoms with Crippen molar-refractivity contribution in [2.75, 3.05) is 5.32 Å². The number of benzene rings is 2. The predicted octanol–water partition coefficient (Wildman–Crippen LogP) is 3.55. The van der Waals surface area contributed by atoms with Gasteiger partial charge in [0.25, 0.3) is 0 Å². The number of amides is 1. The highest BCUT2D eigenvalue weighted by Gasteiger charge is 2.10. The van der Waals surface area contributed by atoms with Crippen LogP contribution in [0.1, 0.15) is 12.5 Å². The summed E-state index contributed by atoms with van der Waals surface area (Å²) in [7, 11) is 0. The van der Waals surface area contributed by atoms with Crippen LogP contribution >= 0.6 is 11.6 Å². The van der Waals surface area contributed by atoms with Crippen LogP contribution in [0.25, 0.3) is 0 Å². The second kappa shape index (κ2) is 6.41. The molecule has 0 fully saturated rings. The van der Waals surface area contributed by atoms with Gasteiger partial charge in [0, 0.05) is 24.1 Å². The van der Waals surface area contributed by atoms with E-state index in [9.17, 15) is 4.79 Å². The molecule has 0 aliphatic rings. The minimum atomic E-state index is -0.161. The van der Waals surface area contributed by atoms with Gasteiger partial charge in [-0.15, -0.1) is 0 Å². The van der Waals surface area contributed by atoms with Crippen molar-refractivity contribution in [2.45, 2.75) is 13.5 Å². The maximum atomic E-state index is 11.2. The molecule has 0 aromatic heterocycles. The first-order chi connectivity index (χ1) is 9.61. The van der Waals surface area contributed by atoms with Gasteiger partial charge in [-0.05, 0) is 24.3 Å². The van der Waals surface area contributed by atoms with Gasteiger partial charge in [-0.25, -0.2) is 0 Å². The molecular weight excluding hydrogens is 276 g/mol. The molecule has 3 N–H and O–H groups in total. The van der Waals surface area contributed by atoms with Crippen LogP contribution in [0.15, 0.2) is 42.5 Å². The molecule has 0 unspecified atom stereocenters. The van der Waals surface area contributed by atoms with E-state index in [0.29, 0.717) is 22.2 Å². The molecule has 0 spiro atoms. The smallest absolute Gasteiger partial charge is 0.221 e. The van der Waals surface area contributed by atoms with E-state index in [4.69, 9.17) is 22.1 Å². The van der Waals surface area contributed by atoms with Crippen molar-refractivity contribution in [3.05, 3.63) is 53.1 Å². The minimum Gasteiger partial charge on any atom is -0.455 e. The molecule has 0 saturated carbocycles. The highest BCUT2D eigenvalue weighted by Crippen LogP contribution is 2.33. The summed E-state index contributed by atoms with van der Waals surface area (Å²) >= 11 is 6.09. The summed E-state index contributed by atoms with van der Waals surface area (Å²) in [5, 5.41) is 3.27. The van der Waals surface area contributed by atoms with Crippen molar-refractivity contribution >= 4 is 23.2 Å². The number of nitrogens with two attached hydrogens (primary N) is 1. The molecule has 1 amide bonds. The third-order valence-electron chi connectivity index (χ3n) is 2.70. The van der Waals surface area contributed by atoms with Gasteiger partial charge in [-0.3, -0.25) is 4.79 Å². The van der Waals surface area contributed by atoms with E-state index in [0.717, 1.165) is 5.56 Å². The predicted molar refractivity (Wildman–Crippen MR) is 80.2 cm³/mol. The first-order valence-corrected chi connectivity index (χ1v) is 6.51. The quantitative estimate of drug-likeness (QED) is 0.905. The maximum Gasteiger partial charge on any atom is 0.221 e. The normalized spacial score (nSPS) is 10.2. The van der Waals surface area contributed by atoms with E-state index in [1.54, 1.807) is 30.3 Å². The molecule has 0 aliphatic carbocycles. The van der Waals surface area contributed by atoms with Gasteiger partial charge in [-0.2, -0.15) is 0 Å². The number of para-hydroxylation sites is 2. The number of rotatable bonds is 4. The van der Waals surface area contributed by atoms with Crippen molar-refractivity contribution in [1.29, 1.82) is 0 Å². The molecule has 20 heavy (non-hydrogen) atoms. The van der Waals surface area contributed by atoms with E-state index in [1.165, 1.54) is 6.92 Å². The molecule has 0 atom stereocenters. The summed E-state index contributed by atoms with van der Waals surface area (Å²) in [5.41, 5.74) is 7.02. The van der Waals surface area contributed by atoms with Crippen LogP contribution < -0.4 is 15.8 Å². The second-order valence-electron chi connectivity index (χ2n) is 4.20. The summed E-state index contributed by atoms with van der Waals surface area (Å²) in [6.45, 7) is 1.72. The SMILES string of the molecule is CC(=O)Nc1ccccc1Oc1cccc(Cl)c1CN. The number of halogens is 1. The fourth-order valence-corrected chi connectivity index (χ4v) is 2.04. The number of ether oxygens (including phenoxy) is 1. The number of carbonyl (C=O) groups is 1. The molecule has 0 bridgehead atoms. The minimum absolute atomic E-state index is 0.161. The highest BCUT2D eigenvalue weighted by molar-refractivity contribution is 6.31. The van der Waals surface area contributed by atoms with Gasteiger partial charge in [-0.1, -0.05) is 29.8 Å². The molecule has 2 aromatic rings. The van der Waals surface area contributed by atoms with E-state index in [1.807, 2.05) is 12.1 Å². The van der Waals surface area contributed by atoms with E-state index >= 15 is 0 Å². The zero-order chi connectivity index (χ0) is 14.5. The Kier molecular flexibility index (Phi) is 4.61. The van der Waals surface area contributed by atoms with E-state index in [-0.39, 0.29) is 12.5 Å². The third-order valence-corrected chi connectivity index (χ3v) is 3.05. The first-order valence-electron chi connectivity index (χ1n) is 6.13. The van der Waals surface area contributed by atoms with Crippen molar-refractivity contribution in [3.8, 4) is 11.5 Å². The Morgan fingerprint density at radius 1 is 1.20 bits per heavy atom. The Hall–Kier alpha value is -2.04. The van der Waals surface area contributed by atoms with Crippen molar-refractivity contribution in [2.24, 2.45) is 5.73 Å². The summed E-state index contributed by atoms with van der Waals surface area (Å²) < 4.78 is 5.83. The van der Waals surface area contributed by atoms with E-state index < -0.39 is 0 Å². The van der Waals surface area contributed by atoms with Crippen molar-refractivity contribution in [3.63, 3.8) is 0 Å². The van der Waals surface area contributed by atoms with E-state index in [2.05, 4.69) is 5.32 Å². The van der Waals surface area contributed by atoms with Crippen molar-refractivity contribution < 1.29 is 9.53 Å². The summed E-state index contributed by atoms with van der Waals surface area (Å²) in [6, 6.07) is 12.5. The molecule has 0 radical (unpaired) electrons. The van der Waals surface area contributed by atoms with Crippen LogP contribution in [-0.4, -0.2) is 5.91 Å². The molecular formula is C15H15ClN2O2. The Morgan fingerprint density at radius 3 is 2.60 bits per heavy atom. The van der Waals surface area contributed by atoms with Crippen molar-refractivity contribution in [1.82, 2.24) is 0 Å². The first kappa shape index (κ1) is 14.4. The zero-order valence-corrected chi connectivity index (χ0v) is 11.8. The fraction of sp³-hybridized carbons (Fsp3) is 0.133. The Bertz CT molecular complexity index is 629. The van der Waals surface area contributed by atoms with Crippen LogP contribution in [0.4, 0.5) is 5.69 Å². The lowest BCUT2D eigenvalue weighted by Crippen LogP contribution is -2.07. The molecule has 4 nitrogen and oxygen atoms in total. The lowest BCUT2D eigenvalue weighted by molar-refractivity contribution is -0.114. The largest absolute Gasteiger partial charge is 0.455 e. The lowest BCUT2D eigenvalue weighted by Gasteiger charge is -2.14. The standard InChI is InChI=1S/C15H15ClN2O2/c1-10(19)18-13-6-2-3-7-15(13)20-14-8-4-5-12(16)11(14)9-17/h2-8H,9,17H2,1H3,(H,18,19). The van der Waals surface area contributed by atoms with Gasteiger partial charge < -0.3 is 15.8 Å². The summed E-state index contributed by atoms with van der Waals surface area (Å²) in [5.74, 6) is 0.962. The van der Waals surface area contributed by atoms with Gasteiger partial charge in [0.2, 0.25) is 5.91 Å². The van der Waals surface area contributed by atoms with Crippen LogP contribution in [0, 0.1) is 0 Å². The number of anilines is 1. The molecule has 5 heteroatoms. The number of hydrogen-bond acceptors (Lipinski definition) is 3. The fourth-order valence-electron chi connectivity index (χ4n) is 1.80. The molecule has 0 aliphatic heterocycles. The van der Waals surface area contributed by atoms with Crippen LogP contribution in [0.2, 0.25) is 5.02 Å². The topological polar surface area (TPSA) is 64.3 Å². The average Bonchev–Trinajstić information content (AvgIpc) is 2.41. The summed E-state index contributed by atoms with van der Waals surface area (Å²) in [4.78, 5) is 11.2. The average molecular weight is 291 g/mol. The van der Waals surface area contributed by atoms with Gasteiger partial charge in [0.05, 0.1) is 5.69 Å². The Morgan fingerprint density at radius 2 is 1.90 bits per heavy atom. The Labute approximate surface area is 122 Å². The maximum absolute atomic E-state index is 11.2. The zero-order valence-electron chi connectivity index (χ0n) is 11.0. The highest BCUT2D eigenvalue weighted by atomic mass is 35.5. The van der Waals surface area contributed by atoms with Crippen LogP contribution in [0.5, 0.6) is 11.5 Å². The molecule has 2 aromatic carbocycles. The molecule has 104 valence electrons. The summed E-state index contributed by atoms with van der Waals surface area (Å²) in [6.07, 6.45) is 0. The van der Waals surface area contributed by atoms with Crippen LogP contribution in [-0.2, 0) is 11.3 Å². The number of carbonyl (C=O) groups excluding carboxylic acids is 1. The molecule has 2 rings (SSSR count). The van der Waals surface area contributed by atoms with Gasteiger partial charge in [0.1, 0.15) is 5.75 Å². The monoisotopic (exact) mass is 290 g/mol. The van der Waals surface area contributed by atoms with Gasteiger partial charge >= 0.3 is 0 Å². The lowest BCUT2D eigenvalue weighted by atomic mass is 10.2. The molecule has 0 heterocycles.